The number of halogens is 1. The van der Waals surface area contributed by atoms with Crippen molar-refractivity contribution in [2.45, 2.75) is 45.4 Å². The van der Waals surface area contributed by atoms with Gasteiger partial charge >= 0.3 is 0 Å². The van der Waals surface area contributed by atoms with Crippen molar-refractivity contribution in [2.75, 3.05) is 19.6 Å². The number of carbonyl (C=O) groups excluding carboxylic acids is 2. The molecule has 1 N–H and O–H groups in total. The molecule has 3 aromatic carbocycles. The van der Waals surface area contributed by atoms with Crippen molar-refractivity contribution in [2.24, 2.45) is 5.41 Å². The number of rotatable bonds is 9. The third-order valence-electron chi connectivity index (χ3n) is 7.34. The number of likely N-dealkylation sites (tertiary alicyclic amines) is 1. The van der Waals surface area contributed by atoms with E-state index >= 15 is 0 Å². The molecular weight excluding hydrogens is 468 g/mol. The van der Waals surface area contributed by atoms with E-state index in [-0.39, 0.29) is 11.8 Å². The first-order valence-corrected chi connectivity index (χ1v) is 13.3. The van der Waals surface area contributed by atoms with E-state index in [0.717, 1.165) is 24.0 Å². The standard InChI is InChI=1S/C31H35ClN2O2/c1-2-24-8-10-25(11-9-24)16-19-33-30(36)31(23-27-6-4-3-5-7-27)17-20-34(21-18-31)29(35)22-26-12-14-28(32)15-13-26/h3-15H,2,16-23H2,1H3,(H,33,36). The van der Waals surface area contributed by atoms with Gasteiger partial charge in [0, 0.05) is 24.7 Å². The molecule has 0 unspecified atom stereocenters. The van der Waals surface area contributed by atoms with Crippen LogP contribution in [0.25, 0.3) is 0 Å². The normalized spacial score (nSPS) is 14.9. The van der Waals surface area contributed by atoms with Crippen LogP contribution >= 0.6 is 11.6 Å². The molecule has 2 amide bonds. The van der Waals surface area contributed by atoms with Crippen LogP contribution in [0.2, 0.25) is 5.02 Å². The van der Waals surface area contributed by atoms with Gasteiger partial charge in [0.15, 0.2) is 0 Å². The third kappa shape index (κ3) is 6.76. The summed E-state index contributed by atoms with van der Waals surface area (Å²) in [6.45, 7) is 3.94. The topological polar surface area (TPSA) is 49.4 Å². The van der Waals surface area contributed by atoms with Crippen LogP contribution in [-0.2, 0) is 35.3 Å². The van der Waals surface area contributed by atoms with E-state index in [0.29, 0.717) is 50.3 Å². The number of piperidine rings is 1. The minimum Gasteiger partial charge on any atom is -0.355 e. The number of aryl methyl sites for hydroxylation is 1. The molecule has 0 aromatic heterocycles. The molecule has 0 atom stereocenters. The van der Waals surface area contributed by atoms with Crippen molar-refractivity contribution >= 4 is 23.4 Å². The summed E-state index contributed by atoms with van der Waals surface area (Å²) in [7, 11) is 0. The lowest BCUT2D eigenvalue weighted by atomic mass is 9.72. The molecule has 1 aliphatic rings. The van der Waals surface area contributed by atoms with Gasteiger partial charge in [-0.05, 0) is 66.5 Å². The number of hydrogen-bond acceptors (Lipinski definition) is 2. The van der Waals surface area contributed by atoms with Crippen LogP contribution in [0.1, 0.15) is 42.0 Å². The second kappa shape index (κ2) is 12.2. The summed E-state index contributed by atoms with van der Waals surface area (Å²) >= 11 is 5.97. The Bertz CT molecular complexity index is 1140. The van der Waals surface area contributed by atoms with Crippen LogP contribution in [0.5, 0.6) is 0 Å². The number of amides is 2. The Hall–Kier alpha value is -3.11. The Morgan fingerprint density at radius 1 is 0.833 bits per heavy atom. The van der Waals surface area contributed by atoms with Gasteiger partial charge < -0.3 is 10.2 Å². The predicted octanol–water partition coefficient (Wildman–Crippen LogP) is 5.66. The molecule has 36 heavy (non-hydrogen) atoms. The van der Waals surface area contributed by atoms with E-state index in [2.05, 4.69) is 48.6 Å². The van der Waals surface area contributed by atoms with Crippen LogP contribution < -0.4 is 5.32 Å². The maximum Gasteiger partial charge on any atom is 0.226 e. The van der Waals surface area contributed by atoms with Gasteiger partial charge in [0.2, 0.25) is 11.8 Å². The van der Waals surface area contributed by atoms with Crippen LogP contribution in [-0.4, -0.2) is 36.3 Å². The summed E-state index contributed by atoms with van der Waals surface area (Å²) in [5.74, 6) is 0.197. The van der Waals surface area contributed by atoms with E-state index in [1.165, 1.54) is 11.1 Å². The fraction of sp³-hybridized carbons (Fsp3) is 0.355. The zero-order valence-electron chi connectivity index (χ0n) is 21.0. The maximum atomic E-state index is 13.6. The van der Waals surface area contributed by atoms with E-state index in [9.17, 15) is 9.59 Å². The largest absolute Gasteiger partial charge is 0.355 e. The summed E-state index contributed by atoms with van der Waals surface area (Å²) in [6.07, 6.45) is 4.19. The number of carbonyl (C=O) groups is 2. The molecule has 188 valence electrons. The Kier molecular flexibility index (Phi) is 8.82. The Morgan fingerprint density at radius 2 is 1.44 bits per heavy atom. The maximum absolute atomic E-state index is 13.6. The lowest BCUT2D eigenvalue weighted by Crippen LogP contribution is -2.51. The molecule has 5 heteroatoms. The van der Waals surface area contributed by atoms with Gasteiger partial charge in [0.05, 0.1) is 11.8 Å². The smallest absolute Gasteiger partial charge is 0.226 e. The number of benzene rings is 3. The zero-order valence-corrected chi connectivity index (χ0v) is 21.8. The van der Waals surface area contributed by atoms with E-state index < -0.39 is 5.41 Å². The predicted molar refractivity (Wildman–Crippen MR) is 146 cm³/mol. The van der Waals surface area contributed by atoms with E-state index in [1.807, 2.05) is 47.4 Å². The third-order valence-corrected chi connectivity index (χ3v) is 7.59. The van der Waals surface area contributed by atoms with E-state index in [1.54, 1.807) is 0 Å². The number of hydrogen-bond donors (Lipinski definition) is 1. The van der Waals surface area contributed by atoms with Gasteiger partial charge in [-0.2, -0.15) is 0 Å². The molecule has 1 heterocycles. The second-order valence-electron chi connectivity index (χ2n) is 9.80. The van der Waals surface area contributed by atoms with Crippen LogP contribution in [0.3, 0.4) is 0 Å². The molecular formula is C31H35ClN2O2. The first-order chi connectivity index (χ1) is 17.5. The summed E-state index contributed by atoms with van der Waals surface area (Å²) < 4.78 is 0. The molecule has 1 saturated heterocycles. The highest BCUT2D eigenvalue weighted by Gasteiger charge is 2.42. The molecule has 3 aromatic rings. The average Bonchev–Trinajstić information content (AvgIpc) is 2.91. The van der Waals surface area contributed by atoms with E-state index in [4.69, 9.17) is 11.6 Å². The molecule has 0 radical (unpaired) electrons. The summed E-state index contributed by atoms with van der Waals surface area (Å²) in [5, 5.41) is 3.89. The van der Waals surface area contributed by atoms with Gasteiger partial charge in [-0.3, -0.25) is 9.59 Å². The van der Waals surface area contributed by atoms with Gasteiger partial charge in [0.1, 0.15) is 0 Å². The van der Waals surface area contributed by atoms with Gasteiger partial charge in [-0.1, -0.05) is 85.3 Å². The van der Waals surface area contributed by atoms with Gasteiger partial charge in [0.25, 0.3) is 0 Å². The molecule has 0 spiro atoms. The first kappa shape index (κ1) is 26.0. The fourth-order valence-electron chi connectivity index (χ4n) is 4.99. The van der Waals surface area contributed by atoms with Crippen molar-refractivity contribution in [3.8, 4) is 0 Å². The van der Waals surface area contributed by atoms with Crippen LogP contribution in [0.15, 0.2) is 78.9 Å². The van der Waals surface area contributed by atoms with Gasteiger partial charge in [-0.25, -0.2) is 0 Å². The van der Waals surface area contributed by atoms with Crippen molar-refractivity contribution in [3.05, 3.63) is 106 Å². The van der Waals surface area contributed by atoms with Crippen molar-refractivity contribution in [3.63, 3.8) is 0 Å². The highest BCUT2D eigenvalue weighted by atomic mass is 35.5. The van der Waals surface area contributed by atoms with Crippen molar-refractivity contribution < 1.29 is 9.59 Å². The lowest BCUT2D eigenvalue weighted by Gasteiger charge is -2.41. The monoisotopic (exact) mass is 502 g/mol. The number of nitrogens with zero attached hydrogens (tertiary/aromatic N) is 1. The van der Waals surface area contributed by atoms with Crippen molar-refractivity contribution in [1.82, 2.24) is 10.2 Å². The minimum absolute atomic E-state index is 0.0985. The Morgan fingerprint density at radius 3 is 2.08 bits per heavy atom. The molecule has 1 fully saturated rings. The lowest BCUT2D eigenvalue weighted by molar-refractivity contribution is -0.140. The quantitative estimate of drug-likeness (QED) is 0.410. The van der Waals surface area contributed by atoms with Crippen LogP contribution in [0.4, 0.5) is 0 Å². The second-order valence-corrected chi connectivity index (χ2v) is 10.2. The molecule has 4 rings (SSSR count). The SMILES string of the molecule is CCc1ccc(CCNC(=O)C2(Cc3ccccc3)CCN(C(=O)Cc3ccc(Cl)cc3)CC2)cc1. The summed E-state index contributed by atoms with van der Waals surface area (Å²) in [6, 6.07) is 26.2. The zero-order chi connectivity index (χ0) is 25.4. The Labute approximate surface area is 219 Å². The average molecular weight is 503 g/mol. The van der Waals surface area contributed by atoms with Crippen LogP contribution in [0, 0.1) is 5.41 Å². The van der Waals surface area contributed by atoms with Crippen molar-refractivity contribution in [1.29, 1.82) is 0 Å². The first-order valence-electron chi connectivity index (χ1n) is 12.9. The molecule has 0 saturated carbocycles. The highest BCUT2D eigenvalue weighted by Crippen LogP contribution is 2.36. The molecule has 0 aliphatic carbocycles. The summed E-state index contributed by atoms with van der Waals surface area (Å²) in [4.78, 5) is 28.4. The summed E-state index contributed by atoms with van der Waals surface area (Å²) in [5.41, 5.74) is 4.15. The molecule has 4 nitrogen and oxygen atoms in total. The molecule has 1 aliphatic heterocycles. The van der Waals surface area contributed by atoms with Gasteiger partial charge in [-0.15, -0.1) is 0 Å². The Balaban J connectivity index is 1.39. The highest BCUT2D eigenvalue weighted by molar-refractivity contribution is 6.30. The number of nitrogens with one attached hydrogen (secondary N) is 1. The minimum atomic E-state index is -0.509. The molecule has 0 bridgehead atoms. The fourth-order valence-corrected chi connectivity index (χ4v) is 5.12.